The van der Waals surface area contributed by atoms with E-state index in [2.05, 4.69) is 6.92 Å². The van der Waals surface area contributed by atoms with Crippen LogP contribution in [0.3, 0.4) is 0 Å². The van der Waals surface area contributed by atoms with E-state index >= 15 is 0 Å². The Bertz CT molecular complexity index is 408. The molecule has 0 saturated carbocycles. The van der Waals surface area contributed by atoms with E-state index in [1.54, 1.807) is 6.92 Å². The van der Waals surface area contributed by atoms with Crippen molar-refractivity contribution in [3.8, 4) is 0 Å². The van der Waals surface area contributed by atoms with Crippen LogP contribution in [0.2, 0.25) is 0 Å². The highest BCUT2D eigenvalue weighted by Crippen LogP contribution is 2.18. The molecule has 0 spiro atoms. The van der Waals surface area contributed by atoms with E-state index in [9.17, 15) is 9.59 Å². The molecule has 0 atom stereocenters. The molecule has 0 heterocycles. The average molecular weight is 341 g/mol. The largest absolute Gasteiger partial charge is 0.462 e. The van der Waals surface area contributed by atoms with Crippen LogP contribution in [-0.2, 0) is 19.1 Å². The van der Waals surface area contributed by atoms with Gasteiger partial charge in [0.15, 0.2) is 0 Å². The molecule has 140 valence electrons. The first-order valence-electron chi connectivity index (χ1n) is 9.33. The van der Waals surface area contributed by atoms with Crippen molar-refractivity contribution in [1.29, 1.82) is 0 Å². The van der Waals surface area contributed by atoms with Gasteiger partial charge in [-0.25, -0.2) is 9.59 Å². The summed E-state index contributed by atoms with van der Waals surface area (Å²) < 4.78 is 10.6. The molecule has 0 aromatic rings. The van der Waals surface area contributed by atoms with Crippen molar-refractivity contribution >= 4 is 11.9 Å². The van der Waals surface area contributed by atoms with Crippen molar-refractivity contribution in [1.82, 2.24) is 0 Å². The Balaban J connectivity index is 4.88. The Morgan fingerprint density at radius 2 is 1.29 bits per heavy atom. The van der Waals surface area contributed by atoms with E-state index in [4.69, 9.17) is 9.47 Å². The number of hydrogen-bond donors (Lipinski definition) is 0. The molecule has 0 aliphatic rings. The van der Waals surface area contributed by atoms with Crippen LogP contribution in [0.1, 0.15) is 80.1 Å². The Kier molecular flexibility index (Phi) is 12.3. The number of rotatable bonds is 12. The Morgan fingerprint density at radius 3 is 1.79 bits per heavy atom. The summed E-state index contributed by atoms with van der Waals surface area (Å²) in [6.07, 6.45) is 6.06. The number of ether oxygens (including phenoxy) is 2. The zero-order chi connectivity index (χ0) is 18.5. The maximum absolute atomic E-state index is 12.4. The van der Waals surface area contributed by atoms with Gasteiger partial charge in [0.25, 0.3) is 0 Å². The molecular formula is C20H36O4. The standard InChI is InChI=1S/C20H36O4/c1-7-8-9-10-11-12-18(20(22)24-14-16(4)5)17(6)19(21)23-13-15(2)3/h15-16H,7-14H2,1-6H3/b18-17-. The van der Waals surface area contributed by atoms with Gasteiger partial charge in [0.1, 0.15) is 0 Å². The van der Waals surface area contributed by atoms with Gasteiger partial charge in [-0.15, -0.1) is 0 Å². The van der Waals surface area contributed by atoms with Gasteiger partial charge in [0.05, 0.1) is 13.2 Å². The summed E-state index contributed by atoms with van der Waals surface area (Å²) >= 11 is 0. The van der Waals surface area contributed by atoms with Crippen LogP contribution in [0.4, 0.5) is 0 Å². The molecule has 4 nitrogen and oxygen atoms in total. The molecule has 24 heavy (non-hydrogen) atoms. The van der Waals surface area contributed by atoms with Crippen LogP contribution in [0.25, 0.3) is 0 Å². The van der Waals surface area contributed by atoms with Crippen molar-refractivity contribution in [3.63, 3.8) is 0 Å². The molecule has 0 radical (unpaired) electrons. The molecular weight excluding hydrogens is 304 g/mol. The second-order valence-corrected chi connectivity index (χ2v) is 7.25. The second kappa shape index (κ2) is 13.0. The summed E-state index contributed by atoms with van der Waals surface area (Å²) in [5.41, 5.74) is 0.862. The number of esters is 2. The summed E-state index contributed by atoms with van der Waals surface area (Å²) in [5.74, 6) is -0.243. The van der Waals surface area contributed by atoms with Gasteiger partial charge in [-0.2, -0.15) is 0 Å². The highest BCUT2D eigenvalue weighted by Gasteiger charge is 2.20. The molecule has 0 aliphatic heterocycles. The predicted octanol–water partition coefficient (Wildman–Crippen LogP) is 5.06. The highest BCUT2D eigenvalue weighted by molar-refractivity contribution is 5.99. The fourth-order valence-corrected chi connectivity index (χ4v) is 2.15. The van der Waals surface area contributed by atoms with E-state index < -0.39 is 5.97 Å². The fourth-order valence-electron chi connectivity index (χ4n) is 2.15. The topological polar surface area (TPSA) is 52.6 Å². The molecule has 0 saturated heterocycles. The molecule has 0 N–H and O–H groups in total. The van der Waals surface area contributed by atoms with Gasteiger partial charge >= 0.3 is 11.9 Å². The van der Waals surface area contributed by atoms with Gasteiger partial charge in [0, 0.05) is 11.1 Å². The molecule has 0 bridgehead atoms. The zero-order valence-corrected chi connectivity index (χ0v) is 16.4. The van der Waals surface area contributed by atoms with Crippen LogP contribution >= 0.6 is 0 Å². The summed E-state index contributed by atoms with van der Waals surface area (Å²) in [6.45, 7) is 12.5. The lowest BCUT2D eigenvalue weighted by Gasteiger charge is -2.14. The first-order chi connectivity index (χ1) is 11.3. The van der Waals surface area contributed by atoms with Crippen molar-refractivity contribution in [3.05, 3.63) is 11.1 Å². The van der Waals surface area contributed by atoms with Crippen molar-refractivity contribution in [2.45, 2.75) is 80.1 Å². The minimum atomic E-state index is -0.409. The van der Waals surface area contributed by atoms with Gasteiger partial charge in [0.2, 0.25) is 0 Å². The van der Waals surface area contributed by atoms with Crippen LogP contribution in [0.15, 0.2) is 11.1 Å². The van der Waals surface area contributed by atoms with E-state index in [1.165, 1.54) is 12.8 Å². The minimum absolute atomic E-state index is 0.270. The molecule has 4 heteroatoms. The molecule has 0 aromatic heterocycles. The monoisotopic (exact) mass is 340 g/mol. The lowest BCUT2D eigenvalue weighted by Crippen LogP contribution is -2.18. The molecule has 0 unspecified atom stereocenters. The van der Waals surface area contributed by atoms with E-state index in [-0.39, 0.29) is 17.8 Å². The van der Waals surface area contributed by atoms with Gasteiger partial charge in [-0.3, -0.25) is 0 Å². The number of unbranched alkanes of at least 4 members (excludes halogenated alkanes) is 4. The third-order valence-electron chi connectivity index (χ3n) is 3.63. The van der Waals surface area contributed by atoms with Crippen LogP contribution in [0, 0.1) is 11.8 Å². The maximum Gasteiger partial charge on any atom is 0.334 e. The van der Waals surface area contributed by atoms with Crippen molar-refractivity contribution in [2.75, 3.05) is 13.2 Å². The van der Waals surface area contributed by atoms with Crippen LogP contribution < -0.4 is 0 Å². The van der Waals surface area contributed by atoms with Crippen LogP contribution in [0.5, 0.6) is 0 Å². The Labute approximate surface area is 148 Å². The Morgan fingerprint density at radius 1 is 0.792 bits per heavy atom. The molecule has 0 aromatic carbocycles. The normalized spacial score (nSPS) is 12.3. The third kappa shape index (κ3) is 10.5. The Hall–Kier alpha value is -1.32. The summed E-state index contributed by atoms with van der Waals surface area (Å²) in [4.78, 5) is 24.5. The second-order valence-electron chi connectivity index (χ2n) is 7.25. The average Bonchev–Trinajstić information content (AvgIpc) is 2.53. The lowest BCUT2D eigenvalue weighted by atomic mass is 10.0. The van der Waals surface area contributed by atoms with Gasteiger partial charge in [-0.1, -0.05) is 60.3 Å². The summed E-state index contributed by atoms with van der Waals surface area (Å²) in [6, 6.07) is 0. The quantitative estimate of drug-likeness (QED) is 0.283. The molecule has 0 amide bonds. The first kappa shape index (κ1) is 22.7. The zero-order valence-electron chi connectivity index (χ0n) is 16.4. The molecule has 0 rings (SSSR count). The maximum atomic E-state index is 12.4. The summed E-state index contributed by atoms with van der Waals surface area (Å²) in [7, 11) is 0. The van der Waals surface area contributed by atoms with Crippen LogP contribution in [-0.4, -0.2) is 25.2 Å². The highest BCUT2D eigenvalue weighted by atomic mass is 16.5. The minimum Gasteiger partial charge on any atom is -0.462 e. The van der Waals surface area contributed by atoms with E-state index in [0.29, 0.717) is 30.8 Å². The third-order valence-corrected chi connectivity index (χ3v) is 3.63. The fraction of sp³-hybridized carbons (Fsp3) is 0.800. The van der Waals surface area contributed by atoms with Gasteiger partial charge < -0.3 is 9.47 Å². The van der Waals surface area contributed by atoms with Crippen molar-refractivity contribution < 1.29 is 19.1 Å². The predicted molar refractivity (Wildman–Crippen MR) is 97.7 cm³/mol. The van der Waals surface area contributed by atoms with E-state index in [0.717, 1.165) is 19.3 Å². The molecule has 0 fully saturated rings. The SMILES string of the molecule is CCCCCCC/C(C(=O)OCC(C)C)=C(\C)C(=O)OCC(C)C. The van der Waals surface area contributed by atoms with E-state index in [1.807, 2.05) is 27.7 Å². The number of carbonyl (C=O) groups is 2. The number of carbonyl (C=O) groups excluding carboxylic acids is 2. The first-order valence-corrected chi connectivity index (χ1v) is 9.33. The van der Waals surface area contributed by atoms with Gasteiger partial charge in [-0.05, 0) is 31.6 Å². The smallest absolute Gasteiger partial charge is 0.334 e. The van der Waals surface area contributed by atoms with Crippen molar-refractivity contribution in [2.24, 2.45) is 11.8 Å². The summed E-state index contributed by atoms with van der Waals surface area (Å²) in [5, 5.41) is 0. The number of hydrogen-bond acceptors (Lipinski definition) is 4. The lowest BCUT2D eigenvalue weighted by molar-refractivity contribution is -0.143. The molecule has 0 aliphatic carbocycles.